The summed E-state index contributed by atoms with van der Waals surface area (Å²) in [5.74, 6) is 0. The number of fused-ring (bicyclic) bond motifs is 1. The minimum absolute atomic E-state index is 0.187. The summed E-state index contributed by atoms with van der Waals surface area (Å²) in [5, 5.41) is 20.1. The summed E-state index contributed by atoms with van der Waals surface area (Å²) in [6.07, 6.45) is 10.8. The maximum Gasteiger partial charge on any atom is 0.405 e. The highest BCUT2D eigenvalue weighted by Crippen LogP contribution is 2.30. The lowest BCUT2D eigenvalue weighted by Gasteiger charge is -2.21. The summed E-state index contributed by atoms with van der Waals surface area (Å²) in [6, 6.07) is 1.73. The number of hydrogen-bond acceptors (Lipinski definition) is 4. The van der Waals surface area contributed by atoms with Crippen LogP contribution in [0.15, 0.2) is 36.9 Å². The van der Waals surface area contributed by atoms with Gasteiger partial charge in [-0.2, -0.15) is 10.2 Å². The van der Waals surface area contributed by atoms with E-state index in [4.69, 9.17) is 10.1 Å². The van der Waals surface area contributed by atoms with Gasteiger partial charge >= 0.3 is 6.09 Å². The quantitative estimate of drug-likeness (QED) is 0.764. The zero-order chi connectivity index (χ0) is 17.4. The second kappa shape index (κ2) is 6.04. The summed E-state index contributed by atoms with van der Waals surface area (Å²) < 4.78 is 3.54. The molecular formula is C17H18N6O2. The Labute approximate surface area is 143 Å². The van der Waals surface area contributed by atoms with E-state index in [1.54, 1.807) is 21.6 Å². The number of nitrogens with one attached hydrogen (secondary N) is 1. The van der Waals surface area contributed by atoms with Crippen molar-refractivity contribution >= 4 is 17.2 Å². The predicted octanol–water partition coefficient (Wildman–Crippen LogP) is 2.33. The van der Waals surface area contributed by atoms with Gasteiger partial charge in [-0.1, -0.05) is 6.08 Å². The number of allylic oxidation sites excluding steroid dienone is 1. The first-order valence-corrected chi connectivity index (χ1v) is 8.14. The van der Waals surface area contributed by atoms with E-state index in [9.17, 15) is 4.79 Å². The maximum absolute atomic E-state index is 10.9. The van der Waals surface area contributed by atoms with E-state index in [-0.39, 0.29) is 6.04 Å². The summed E-state index contributed by atoms with van der Waals surface area (Å²) in [4.78, 5) is 15.8. The minimum atomic E-state index is -1.01. The molecule has 1 atom stereocenters. The summed E-state index contributed by atoms with van der Waals surface area (Å²) in [7, 11) is 1.86. The van der Waals surface area contributed by atoms with Gasteiger partial charge in [0.05, 0.1) is 41.5 Å². The molecule has 0 saturated carbocycles. The Hall–Kier alpha value is -3.16. The van der Waals surface area contributed by atoms with E-state index in [1.165, 1.54) is 0 Å². The van der Waals surface area contributed by atoms with Crippen LogP contribution in [-0.2, 0) is 7.05 Å². The third-order valence-electron chi connectivity index (χ3n) is 4.37. The molecule has 0 bridgehead atoms. The number of nitrogens with zero attached hydrogens (tertiary/aromatic N) is 5. The van der Waals surface area contributed by atoms with Crippen LogP contribution in [0, 0.1) is 0 Å². The zero-order valence-electron chi connectivity index (χ0n) is 13.8. The molecule has 3 aromatic heterocycles. The van der Waals surface area contributed by atoms with Crippen molar-refractivity contribution in [3.63, 3.8) is 0 Å². The zero-order valence-corrected chi connectivity index (χ0v) is 13.8. The highest BCUT2D eigenvalue weighted by atomic mass is 16.4. The number of aryl methyl sites for hydroxylation is 1. The molecule has 1 unspecified atom stereocenters. The highest BCUT2D eigenvalue weighted by Gasteiger charge is 2.20. The van der Waals surface area contributed by atoms with Gasteiger partial charge in [0.1, 0.15) is 0 Å². The Balaban J connectivity index is 1.81. The SMILES string of the molecule is Cn1cc(-c2cn3nccc3c(C3=CC(NC(=O)O)CCC3)n2)cn1. The number of aromatic nitrogens is 5. The van der Waals surface area contributed by atoms with Crippen LogP contribution in [0.1, 0.15) is 25.0 Å². The molecule has 1 aliphatic carbocycles. The average Bonchev–Trinajstić information content (AvgIpc) is 3.22. The molecule has 128 valence electrons. The van der Waals surface area contributed by atoms with Gasteiger partial charge in [0.25, 0.3) is 0 Å². The topological polar surface area (TPSA) is 97.3 Å². The number of rotatable bonds is 3. The van der Waals surface area contributed by atoms with Crippen LogP contribution in [0.4, 0.5) is 4.79 Å². The molecule has 3 heterocycles. The highest BCUT2D eigenvalue weighted by molar-refractivity contribution is 5.78. The molecule has 8 heteroatoms. The first-order valence-electron chi connectivity index (χ1n) is 8.14. The van der Waals surface area contributed by atoms with Crippen LogP contribution < -0.4 is 5.32 Å². The van der Waals surface area contributed by atoms with Crippen LogP contribution >= 0.6 is 0 Å². The number of hydrogen-bond donors (Lipinski definition) is 2. The molecule has 2 N–H and O–H groups in total. The molecule has 0 aromatic carbocycles. The maximum atomic E-state index is 10.9. The summed E-state index contributed by atoms with van der Waals surface area (Å²) in [5.41, 5.74) is 4.50. The smallest absolute Gasteiger partial charge is 0.405 e. The van der Waals surface area contributed by atoms with Crippen molar-refractivity contribution in [2.75, 3.05) is 0 Å². The lowest BCUT2D eigenvalue weighted by atomic mass is 9.93. The van der Waals surface area contributed by atoms with Gasteiger partial charge in [0, 0.05) is 18.8 Å². The van der Waals surface area contributed by atoms with Crippen LogP contribution in [0.3, 0.4) is 0 Å². The van der Waals surface area contributed by atoms with Gasteiger partial charge in [-0.3, -0.25) is 4.68 Å². The van der Waals surface area contributed by atoms with Crippen molar-refractivity contribution < 1.29 is 9.90 Å². The first-order chi connectivity index (χ1) is 12.1. The second-order valence-electron chi connectivity index (χ2n) is 6.18. The Morgan fingerprint density at radius 3 is 3.00 bits per heavy atom. The van der Waals surface area contributed by atoms with E-state index in [1.807, 2.05) is 31.6 Å². The number of carbonyl (C=O) groups is 1. The molecule has 3 aromatic rings. The van der Waals surface area contributed by atoms with Gasteiger partial charge in [0.2, 0.25) is 0 Å². The monoisotopic (exact) mass is 338 g/mol. The normalized spacial score (nSPS) is 17.5. The van der Waals surface area contributed by atoms with Gasteiger partial charge in [-0.25, -0.2) is 14.3 Å². The molecular weight excluding hydrogens is 320 g/mol. The molecule has 25 heavy (non-hydrogen) atoms. The standard InChI is InChI=1S/C17H18N6O2/c1-22-9-12(8-19-22)14-10-23-15(5-6-18-23)16(21-14)11-3-2-4-13(7-11)20-17(24)25/h5-10,13,20H,2-4H2,1H3,(H,24,25). The van der Waals surface area contributed by atoms with Crippen LogP contribution in [0.5, 0.6) is 0 Å². The average molecular weight is 338 g/mol. The predicted molar refractivity (Wildman–Crippen MR) is 92.0 cm³/mol. The molecule has 0 spiro atoms. The van der Waals surface area contributed by atoms with Crippen molar-refractivity contribution in [1.82, 2.24) is 29.7 Å². The number of amides is 1. The van der Waals surface area contributed by atoms with E-state index >= 15 is 0 Å². The Morgan fingerprint density at radius 1 is 1.36 bits per heavy atom. The molecule has 0 radical (unpaired) electrons. The largest absolute Gasteiger partial charge is 0.465 e. The van der Waals surface area contributed by atoms with Gasteiger partial charge in [-0.05, 0) is 30.9 Å². The van der Waals surface area contributed by atoms with E-state index in [0.717, 1.165) is 47.3 Å². The van der Waals surface area contributed by atoms with Crippen LogP contribution in [0.2, 0.25) is 0 Å². The third-order valence-corrected chi connectivity index (χ3v) is 4.37. The van der Waals surface area contributed by atoms with Crippen LogP contribution in [-0.4, -0.2) is 41.6 Å². The third kappa shape index (κ3) is 2.98. The Kier molecular flexibility index (Phi) is 3.72. The van der Waals surface area contributed by atoms with Crippen molar-refractivity contribution in [2.45, 2.75) is 25.3 Å². The lowest BCUT2D eigenvalue weighted by molar-refractivity contribution is 0.191. The van der Waals surface area contributed by atoms with Crippen molar-refractivity contribution in [2.24, 2.45) is 7.05 Å². The molecule has 1 aliphatic rings. The molecule has 0 saturated heterocycles. The Bertz CT molecular complexity index is 971. The molecule has 0 aliphatic heterocycles. The van der Waals surface area contributed by atoms with Crippen molar-refractivity contribution in [3.05, 3.63) is 42.6 Å². The summed E-state index contributed by atoms with van der Waals surface area (Å²) in [6.45, 7) is 0. The fourth-order valence-corrected chi connectivity index (χ4v) is 3.25. The molecule has 8 nitrogen and oxygen atoms in total. The number of carboxylic acid groups (broad SMARTS) is 1. The minimum Gasteiger partial charge on any atom is -0.465 e. The van der Waals surface area contributed by atoms with Gasteiger partial charge < -0.3 is 10.4 Å². The van der Waals surface area contributed by atoms with Gasteiger partial charge in [-0.15, -0.1) is 0 Å². The Morgan fingerprint density at radius 2 is 2.24 bits per heavy atom. The fourth-order valence-electron chi connectivity index (χ4n) is 3.25. The van der Waals surface area contributed by atoms with E-state index in [0.29, 0.717) is 0 Å². The van der Waals surface area contributed by atoms with Crippen molar-refractivity contribution in [3.8, 4) is 11.3 Å². The first kappa shape index (κ1) is 15.4. The van der Waals surface area contributed by atoms with Crippen molar-refractivity contribution in [1.29, 1.82) is 0 Å². The van der Waals surface area contributed by atoms with Gasteiger partial charge in [0.15, 0.2) is 0 Å². The fraction of sp³-hybridized carbons (Fsp3) is 0.294. The van der Waals surface area contributed by atoms with Crippen LogP contribution in [0.25, 0.3) is 22.3 Å². The lowest BCUT2D eigenvalue weighted by Crippen LogP contribution is -2.33. The molecule has 0 fully saturated rings. The second-order valence-corrected chi connectivity index (χ2v) is 6.18. The molecule has 1 amide bonds. The molecule has 4 rings (SSSR count). The summed E-state index contributed by atoms with van der Waals surface area (Å²) >= 11 is 0. The van der Waals surface area contributed by atoms with E-state index < -0.39 is 6.09 Å². The van der Waals surface area contributed by atoms with E-state index in [2.05, 4.69) is 15.5 Å².